The summed E-state index contributed by atoms with van der Waals surface area (Å²) < 4.78 is 64.8. The Morgan fingerprint density at radius 3 is 1.15 bits per heavy atom. The fourth-order valence-electron chi connectivity index (χ4n) is 4.23. The molecular formula is C33H62O17P2. The van der Waals surface area contributed by atoms with Gasteiger partial charge in [-0.1, -0.05) is 79.1 Å². The first-order chi connectivity index (χ1) is 24.7. The summed E-state index contributed by atoms with van der Waals surface area (Å²) >= 11 is 0. The van der Waals surface area contributed by atoms with Gasteiger partial charge in [0.2, 0.25) is 0 Å². The fraction of sp³-hybridized carbons (Fsp3) is 0.879. The fourth-order valence-corrected chi connectivity index (χ4v) is 5.81. The zero-order valence-corrected chi connectivity index (χ0v) is 33.0. The summed E-state index contributed by atoms with van der Waals surface area (Å²) in [4.78, 5) is 68.4. The summed E-state index contributed by atoms with van der Waals surface area (Å²) in [6.07, 6.45) is 6.42. The molecule has 0 spiro atoms. The Bertz CT molecular complexity index is 1010. The summed E-state index contributed by atoms with van der Waals surface area (Å²) in [5, 5.41) is 10.1. The van der Waals surface area contributed by atoms with E-state index in [1.54, 1.807) is 13.8 Å². The summed E-state index contributed by atoms with van der Waals surface area (Å²) in [7, 11) is -9.75. The van der Waals surface area contributed by atoms with Crippen molar-refractivity contribution in [3.05, 3.63) is 0 Å². The number of aliphatic hydroxyl groups excluding tert-OH is 1. The smallest absolute Gasteiger partial charge is 0.462 e. The van der Waals surface area contributed by atoms with Crippen LogP contribution in [-0.4, -0.2) is 96.7 Å². The second kappa shape index (κ2) is 30.4. The number of ether oxygens (including phenoxy) is 4. The van der Waals surface area contributed by atoms with Crippen LogP contribution in [-0.2, 0) is 65.4 Å². The molecular weight excluding hydrogens is 730 g/mol. The Balaban J connectivity index is 4.87. The molecule has 0 aliphatic rings. The van der Waals surface area contributed by atoms with Crippen molar-refractivity contribution in [3.8, 4) is 0 Å². The molecule has 306 valence electrons. The molecule has 0 saturated carbocycles. The van der Waals surface area contributed by atoms with Crippen LogP contribution in [0.3, 0.4) is 0 Å². The molecule has 0 radical (unpaired) electrons. The highest BCUT2D eigenvalue weighted by Gasteiger charge is 2.30. The Morgan fingerprint density at radius 1 is 0.462 bits per heavy atom. The number of rotatable bonds is 34. The number of unbranched alkanes of at least 4 members (excludes halogenated alkanes) is 8. The van der Waals surface area contributed by atoms with Crippen molar-refractivity contribution in [1.29, 1.82) is 0 Å². The molecule has 0 aromatic heterocycles. The number of phosphoric acid groups is 2. The van der Waals surface area contributed by atoms with Gasteiger partial charge in [-0.2, -0.15) is 0 Å². The van der Waals surface area contributed by atoms with Gasteiger partial charge in [0.1, 0.15) is 19.3 Å². The summed E-state index contributed by atoms with van der Waals surface area (Å²) in [5.41, 5.74) is 0. The van der Waals surface area contributed by atoms with E-state index in [-0.39, 0.29) is 25.7 Å². The van der Waals surface area contributed by atoms with Gasteiger partial charge in [0.05, 0.1) is 26.4 Å². The van der Waals surface area contributed by atoms with Crippen LogP contribution in [0.1, 0.15) is 130 Å². The van der Waals surface area contributed by atoms with E-state index in [1.165, 1.54) is 0 Å². The Hall–Kier alpha value is -1.94. The standard InChI is InChI=1S/C33H62O17P2/c1-5-9-11-13-15-19-30(35)43-23-28(49-32(37)17-7-3)25-47-51(39,40)45-21-27(34)22-46-52(41,42)48-26-29(50-33(38)18-8-4)24-44-31(36)20-16-14-12-10-6-2/h27-29,34H,5-26H2,1-4H3,(H,39,40)(H,41,42)/t28-,29-/m1/s1. The van der Waals surface area contributed by atoms with Crippen LogP contribution < -0.4 is 0 Å². The van der Waals surface area contributed by atoms with Gasteiger partial charge in [-0.25, -0.2) is 9.13 Å². The second-order valence-electron chi connectivity index (χ2n) is 12.2. The van der Waals surface area contributed by atoms with Crippen LogP contribution in [0.4, 0.5) is 0 Å². The summed E-state index contributed by atoms with van der Waals surface area (Å²) in [6.45, 7) is 3.63. The molecule has 0 amide bonds. The van der Waals surface area contributed by atoms with Crippen molar-refractivity contribution in [2.75, 3.05) is 39.6 Å². The highest BCUT2D eigenvalue weighted by molar-refractivity contribution is 7.47. The maximum absolute atomic E-state index is 12.4. The lowest BCUT2D eigenvalue weighted by molar-refractivity contribution is -0.161. The van der Waals surface area contributed by atoms with E-state index in [9.17, 15) is 43.2 Å². The summed E-state index contributed by atoms with van der Waals surface area (Å²) in [5.74, 6) is -2.32. The Labute approximate surface area is 307 Å². The molecule has 0 fully saturated rings. The number of esters is 4. The highest BCUT2D eigenvalue weighted by Crippen LogP contribution is 2.45. The first-order valence-corrected chi connectivity index (χ1v) is 21.3. The average molecular weight is 793 g/mol. The number of aliphatic hydroxyl groups is 1. The lowest BCUT2D eigenvalue weighted by Gasteiger charge is -2.21. The van der Waals surface area contributed by atoms with E-state index in [0.29, 0.717) is 25.7 Å². The number of hydrogen-bond donors (Lipinski definition) is 3. The van der Waals surface area contributed by atoms with Crippen molar-refractivity contribution >= 4 is 39.5 Å². The zero-order valence-electron chi connectivity index (χ0n) is 31.2. The SMILES string of the molecule is CCCCCCCC(=O)OC[C@H](COP(=O)(O)OCC(O)COP(=O)(O)OC[C@@H](COC(=O)CCCCCCC)OC(=O)CCC)OC(=O)CCC. The predicted octanol–water partition coefficient (Wildman–Crippen LogP) is 5.85. The predicted molar refractivity (Wildman–Crippen MR) is 188 cm³/mol. The van der Waals surface area contributed by atoms with Gasteiger partial charge in [0.15, 0.2) is 12.2 Å². The molecule has 4 atom stereocenters. The van der Waals surface area contributed by atoms with Crippen LogP contribution in [0.15, 0.2) is 0 Å². The lowest BCUT2D eigenvalue weighted by Crippen LogP contribution is -2.30. The number of carbonyl (C=O) groups excluding carboxylic acids is 4. The van der Waals surface area contributed by atoms with Gasteiger partial charge in [0, 0.05) is 25.7 Å². The van der Waals surface area contributed by atoms with Gasteiger partial charge in [-0.05, 0) is 25.7 Å². The molecule has 0 rings (SSSR count). The van der Waals surface area contributed by atoms with E-state index in [4.69, 9.17) is 37.0 Å². The maximum atomic E-state index is 12.4. The number of carbonyl (C=O) groups is 4. The molecule has 0 heterocycles. The van der Waals surface area contributed by atoms with Crippen LogP contribution >= 0.6 is 15.6 Å². The molecule has 0 aromatic rings. The first-order valence-electron chi connectivity index (χ1n) is 18.3. The van der Waals surface area contributed by atoms with Gasteiger partial charge < -0.3 is 33.8 Å². The van der Waals surface area contributed by atoms with Crippen LogP contribution in [0.25, 0.3) is 0 Å². The van der Waals surface area contributed by atoms with E-state index in [2.05, 4.69) is 13.8 Å². The Kier molecular flexibility index (Phi) is 29.3. The minimum atomic E-state index is -4.87. The van der Waals surface area contributed by atoms with E-state index in [0.717, 1.165) is 51.4 Å². The number of hydrogen-bond acceptors (Lipinski definition) is 15. The van der Waals surface area contributed by atoms with Crippen LogP contribution in [0, 0.1) is 0 Å². The van der Waals surface area contributed by atoms with Gasteiger partial charge >= 0.3 is 39.5 Å². The second-order valence-corrected chi connectivity index (χ2v) is 15.1. The van der Waals surface area contributed by atoms with E-state index >= 15 is 0 Å². The van der Waals surface area contributed by atoms with Crippen molar-refractivity contribution < 1.29 is 80.2 Å². The van der Waals surface area contributed by atoms with Gasteiger partial charge in [-0.15, -0.1) is 0 Å². The third-order valence-corrected chi connectivity index (χ3v) is 8.94. The zero-order chi connectivity index (χ0) is 39.3. The van der Waals surface area contributed by atoms with Crippen molar-refractivity contribution in [2.24, 2.45) is 0 Å². The average Bonchev–Trinajstić information content (AvgIpc) is 3.09. The van der Waals surface area contributed by atoms with Gasteiger partial charge in [0.25, 0.3) is 0 Å². The molecule has 0 bridgehead atoms. The van der Waals surface area contributed by atoms with Gasteiger partial charge in [-0.3, -0.25) is 37.3 Å². The summed E-state index contributed by atoms with van der Waals surface area (Å²) in [6, 6.07) is 0. The molecule has 19 heteroatoms. The van der Waals surface area contributed by atoms with Crippen LogP contribution in [0.2, 0.25) is 0 Å². The lowest BCUT2D eigenvalue weighted by atomic mass is 10.1. The van der Waals surface area contributed by atoms with Crippen molar-refractivity contribution in [2.45, 2.75) is 149 Å². The van der Waals surface area contributed by atoms with Crippen molar-refractivity contribution in [1.82, 2.24) is 0 Å². The first kappa shape index (κ1) is 50.1. The Morgan fingerprint density at radius 2 is 0.808 bits per heavy atom. The van der Waals surface area contributed by atoms with E-state index in [1.807, 2.05) is 0 Å². The minimum Gasteiger partial charge on any atom is -0.462 e. The quantitative estimate of drug-likeness (QED) is 0.0300. The topological polar surface area (TPSA) is 237 Å². The highest BCUT2D eigenvalue weighted by atomic mass is 31.2. The minimum absolute atomic E-state index is 0.0527. The van der Waals surface area contributed by atoms with Crippen LogP contribution in [0.5, 0.6) is 0 Å². The molecule has 3 N–H and O–H groups in total. The molecule has 0 saturated heterocycles. The normalized spacial score (nSPS) is 15.4. The molecule has 2 unspecified atom stereocenters. The molecule has 0 aliphatic carbocycles. The third kappa shape index (κ3) is 29.5. The molecule has 52 heavy (non-hydrogen) atoms. The number of phosphoric ester groups is 2. The largest absolute Gasteiger partial charge is 0.472 e. The third-order valence-electron chi connectivity index (χ3n) is 7.04. The monoisotopic (exact) mass is 792 g/mol. The van der Waals surface area contributed by atoms with Crippen molar-refractivity contribution in [3.63, 3.8) is 0 Å². The molecule has 17 nitrogen and oxygen atoms in total. The van der Waals surface area contributed by atoms with E-state index < -0.39 is 97.5 Å². The molecule has 0 aromatic carbocycles. The molecule has 0 aliphatic heterocycles. The maximum Gasteiger partial charge on any atom is 0.472 e.